The summed E-state index contributed by atoms with van der Waals surface area (Å²) in [4.78, 5) is 14.7. The van der Waals surface area contributed by atoms with E-state index in [0.29, 0.717) is 25.0 Å². The summed E-state index contributed by atoms with van der Waals surface area (Å²) >= 11 is 0. The quantitative estimate of drug-likeness (QED) is 0.678. The lowest BCUT2D eigenvalue weighted by atomic mass is 9.88. The Hall–Kier alpha value is -1.85. The SMILES string of the molecule is COCCCCC(=O)Nc1ccc2occ(C3CCN(C(C)C)CC3)c2c1. The third-order valence-electron chi connectivity index (χ3n) is 5.59. The second kappa shape index (κ2) is 9.38. The highest BCUT2D eigenvalue weighted by atomic mass is 16.5. The van der Waals surface area contributed by atoms with Gasteiger partial charge in [-0.15, -0.1) is 0 Å². The predicted molar refractivity (Wildman–Crippen MR) is 109 cm³/mol. The van der Waals surface area contributed by atoms with E-state index in [4.69, 9.17) is 9.15 Å². The Morgan fingerprint density at radius 1 is 1.30 bits per heavy atom. The van der Waals surface area contributed by atoms with Crippen LogP contribution in [0.15, 0.2) is 28.9 Å². The number of ether oxygens (including phenoxy) is 1. The van der Waals surface area contributed by atoms with Crippen LogP contribution in [0.5, 0.6) is 0 Å². The summed E-state index contributed by atoms with van der Waals surface area (Å²) in [5.74, 6) is 0.585. The molecule has 1 saturated heterocycles. The van der Waals surface area contributed by atoms with E-state index in [1.54, 1.807) is 7.11 Å². The highest BCUT2D eigenvalue weighted by Gasteiger charge is 2.24. The molecule has 1 aliphatic rings. The van der Waals surface area contributed by atoms with Crippen LogP contribution < -0.4 is 5.32 Å². The van der Waals surface area contributed by atoms with Crippen molar-refractivity contribution in [3.8, 4) is 0 Å². The van der Waals surface area contributed by atoms with Gasteiger partial charge in [0.25, 0.3) is 0 Å². The molecule has 1 aliphatic heterocycles. The van der Waals surface area contributed by atoms with Gasteiger partial charge in [0.05, 0.1) is 6.26 Å². The zero-order valence-corrected chi connectivity index (χ0v) is 16.8. The second-order valence-corrected chi connectivity index (χ2v) is 7.80. The zero-order chi connectivity index (χ0) is 19.2. The maximum absolute atomic E-state index is 12.2. The van der Waals surface area contributed by atoms with Gasteiger partial charge in [0.15, 0.2) is 0 Å². The van der Waals surface area contributed by atoms with Gasteiger partial charge in [-0.05, 0) is 76.7 Å². The molecule has 1 N–H and O–H groups in total. The smallest absolute Gasteiger partial charge is 0.224 e. The van der Waals surface area contributed by atoms with Crippen molar-refractivity contribution in [1.82, 2.24) is 4.90 Å². The van der Waals surface area contributed by atoms with Gasteiger partial charge in [0, 0.05) is 42.8 Å². The first-order chi connectivity index (χ1) is 13.1. The molecule has 0 spiro atoms. The van der Waals surface area contributed by atoms with Crippen molar-refractivity contribution in [3.63, 3.8) is 0 Å². The molecule has 0 unspecified atom stereocenters. The number of furan rings is 1. The number of fused-ring (bicyclic) bond motifs is 1. The van der Waals surface area contributed by atoms with Crippen molar-refractivity contribution in [2.45, 2.75) is 57.9 Å². The molecule has 1 fully saturated rings. The first-order valence-electron chi connectivity index (χ1n) is 10.1. The van der Waals surface area contributed by atoms with Crippen LogP contribution in [-0.4, -0.2) is 43.7 Å². The fourth-order valence-corrected chi connectivity index (χ4v) is 3.92. The van der Waals surface area contributed by atoms with E-state index in [1.165, 1.54) is 5.56 Å². The first kappa shape index (κ1) is 19.9. The lowest BCUT2D eigenvalue weighted by Crippen LogP contribution is -2.37. The normalized spacial score (nSPS) is 16.3. The number of hydrogen-bond acceptors (Lipinski definition) is 4. The van der Waals surface area contributed by atoms with Crippen LogP contribution >= 0.6 is 0 Å². The molecule has 0 radical (unpaired) electrons. The van der Waals surface area contributed by atoms with Gasteiger partial charge in [-0.1, -0.05) is 0 Å². The van der Waals surface area contributed by atoms with Gasteiger partial charge in [-0.25, -0.2) is 0 Å². The average Bonchev–Trinajstić information content (AvgIpc) is 3.08. The van der Waals surface area contributed by atoms with Crippen molar-refractivity contribution in [1.29, 1.82) is 0 Å². The van der Waals surface area contributed by atoms with E-state index in [1.807, 2.05) is 18.4 Å². The number of anilines is 1. The molecule has 3 rings (SSSR count). The van der Waals surface area contributed by atoms with Crippen LogP contribution in [0.25, 0.3) is 11.0 Å². The number of unbranched alkanes of at least 4 members (excludes halogenated alkanes) is 1. The number of benzene rings is 1. The van der Waals surface area contributed by atoms with Crippen LogP contribution in [-0.2, 0) is 9.53 Å². The number of nitrogens with zero attached hydrogens (tertiary/aromatic N) is 1. The molecule has 5 heteroatoms. The minimum Gasteiger partial charge on any atom is -0.464 e. The number of hydrogen-bond donors (Lipinski definition) is 1. The summed E-state index contributed by atoms with van der Waals surface area (Å²) in [6, 6.07) is 6.56. The average molecular weight is 373 g/mol. The highest BCUT2D eigenvalue weighted by Crippen LogP contribution is 2.36. The fourth-order valence-electron chi connectivity index (χ4n) is 3.92. The van der Waals surface area contributed by atoms with Crippen molar-refractivity contribution in [3.05, 3.63) is 30.0 Å². The van der Waals surface area contributed by atoms with Crippen molar-refractivity contribution in [2.75, 3.05) is 32.1 Å². The van der Waals surface area contributed by atoms with Crippen LogP contribution in [0.3, 0.4) is 0 Å². The summed E-state index contributed by atoms with van der Waals surface area (Å²) in [5.41, 5.74) is 3.03. The molecule has 2 heterocycles. The molecule has 0 aliphatic carbocycles. The molecule has 0 atom stereocenters. The number of piperidine rings is 1. The molecule has 27 heavy (non-hydrogen) atoms. The topological polar surface area (TPSA) is 54.7 Å². The Labute approximate surface area is 162 Å². The Balaban J connectivity index is 1.65. The number of carbonyl (C=O) groups is 1. The van der Waals surface area contributed by atoms with E-state index >= 15 is 0 Å². The predicted octanol–water partition coefficient (Wildman–Crippen LogP) is 4.78. The molecule has 1 aromatic heterocycles. The van der Waals surface area contributed by atoms with Crippen molar-refractivity contribution in [2.24, 2.45) is 0 Å². The van der Waals surface area contributed by atoms with Crippen molar-refractivity contribution >= 4 is 22.6 Å². The van der Waals surface area contributed by atoms with Gasteiger partial charge in [-0.3, -0.25) is 4.79 Å². The van der Waals surface area contributed by atoms with Gasteiger partial charge in [-0.2, -0.15) is 0 Å². The Morgan fingerprint density at radius 3 is 2.78 bits per heavy atom. The van der Waals surface area contributed by atoms with Gasteiger partial charge >= 0.3 is 0 Å². The van der Waals surface area contributed by atoms with Crippen molar-refractivity contribution < 1.29 is 13.9 Å². The standard InChI is InChI=1S/C22H32N2O3/c1-16(2)24-11-9-17(10-12-24)20-15-27-21-8-7-18(14-19(20)21)23-22(25)6-4-5-13-26-3/h7-8,14-17H,4-6,9-13H2,1-3H3,(H,23,25). The van der Waals surface area contributed by atoms with E-state index < -0.39 is 0 Å². The summed E-state index contributed by atoms with van der Waals surface area (Å²) < 4.78 is 10.8. The maximum atomic E-state index is 12.2. The number of amides is 1. The molecule has 1 aromatic carbocycles. The largest absolute Gasteiger partial charge is 0.464 e. The third kappa shape index (κ3) is 5.11. The number of likely N-dealkylation sites (tertiary alicyclic amines) is 1. The third-order valence-corrected chi connectivity index (χ3v) is 5.59. The number of nitrogens with one attached hydrogen (secondary N) is 1. The monoisotopic (exact) mass is 372 g/mol. The maximum Gasteiger partial charge on any atom is 0.224 e. The molecule has 5 nitrogen and oxygen atoms in total. The van der Waals surface area contributed by atoms with E-state index in [2.05, 4.69) is 30.1 Å². The van der Waals surface area contributed by atoms with E-state index in [-0.39, 0.29) is 5.91 Å². The molecule has 0 saturated carbocycles. The molecular weight excluding hydrogens is 340 g/mol. The zero-order valence-electron chi connectivity index (χ0n) is 16.8. The summed E-state index contributed by atoms with van der Waals surface area (Å²) in [6.07, 6.45) is 6.49. The summed E-state index contributed by atoms with van der Waals surface area (Å²) in [5, 5.41) is 4.16. The molecule has 1 amide bonds. The number of carbonyl (C=O) groups excluding carboxylic acids is 1. The Bertz CT molecular complexity index is 745. The molecule has 2 aromatic rings. The summed E-state index contributed by atoms with van der Waals surface area (Å²) in [7, 11) is 1.68. The number of rotatable bonds is 8. The highest BCUT2D eigenvalue weighted by molar-refractivity contribution is 5.94. The fraction of sp³-hybridized carbons (Fsp3) is 0.591. The molecular formula is C22H32N2O3. The van der Waals surface area contributed by atoms with Gasteiger partial charge in [0.2, 0.25) is 5.91 Å². The summed E-state index contributed by atoms with van der Waals surface area (Å²) in [6.45, 7) is 7.49. The molecule has 0 bridgehead atoms. The van der Waals surface area contributed by atoms with Gasteiger partial charge in [0.1, 0.15) is 5.58 Å². The minimum atomic E-state index is 0.0562. The lowest BCUT2D eigenvalue weighted by molar-refractivity contribution is -0.116. The second-order valence-electron chi connectivity index (χ2n) is 7.80. The van der Waals surface area contributed by atoms with E-state index in [9.17, 15) is 4.79 Å². The van der Waals surface area contributed by atoms with Crippen LogP contribution in [0.2, 0.25) is 0 Å². The van der Waals surface area contributed by atoms with Crippen LogP contribution in [0.4, 0.5) is 5.69 Å². The minimum absolute atomic E-state index is 0.0562. The molecule has 148 valence electrons. The first-order valence-corrected chi connectivity index (χ1v) is 10.1. The van der Waals surface area contributed by atoms with E-state index in [0.717, 1.165) is 55.4 Å². The number of methoxy groups -OCH3 is 1. The van der Waals surface area contributed by atoms with Crippen LogP contribution in [0.1, 0.15) is 57.4 Å². The van der Waals surface area contributed by atoms with Crippen LogP contribution in [0, 0.1) is 0 Å². The van der Waals surface area contributed by atoms with Gasteiger partial charge < -0.3 is 19.4 Å². The Kier molecular flexibility index (Phi) is 6.91. The lowest BCUT2D eigenvalue weighted by Gasteiger charge is -2.34. The Morgan fingerprint density at radius 2 is 2.07 bits per heavy atom.